The Bertz CT molecular complexity index is 1600. The molecule has 2 amide bonds. The molecule has 2 aromatic heterocycles. The number of aromatic nitrogens is 1. The molecular weight excluding hydrogens is 540 g/mol. The highest BCUT2D eigenvalue weighted by Gasteiger charge is 2.60. The molecule has 2 fully saturated rings. The van der Waals surface area contributed by atoms with Gasteiger partial charge in [-0.1, -0.05) is 32.0 Å². The summed E-state index contributed by atoms with van der Waals surface area (Å²) in [6, 6.07) is 19.9. The highest BCUT2D eigenvalue weighted by atomic mass is 16.5. The highest BCUT2D eigenvalue weighted by Crippen LogP contribution is 2.67. The molecule has 1 saturated heterocycles. The first-order valence-electron chi connectivity index (χ1n) is 15.2. The Hall–Kier alpha value is -4.04. The number of carbonyl (C=O) groups is 2. The van der Waals surface area contributed by atoms with Crippen LogP contribution in [0.4, 0.5) is 11.4 Å². The molecule has 1 aliphatic heterocycles. The third-order valence-corrected chi connectivity index (χ3v) is 9.63. The van der Waals surface area contributed by atoms with Crippen LogP contribution in [-0.4, -0.2) is 53.5 Å². The summed E-state index contributed by atoms with van der Waals surface area (Å²) < 4.78 is 11.1. The average molecular weight is 583 g/mol. The second kappa shape index (κ2) is 11.2. The third kappa shape index (κ3) is 5.56. The zero-order valence-electron chi connectivity index (χ0n) is 25.8. The van der Waals surface area contributed by atoms with Crippen LogP contribution in [0.5, 0.6) is 0 Å². The van der Waals surface area contributed by atoms with Crippen molar-refractivity contribution in [1.29, 1.82) is 0 Å². The monoisotopic (exact) mass is 582 g/mol. The average Bonchev–Trinajstić information content (AvgIpc) is 3.36. The molecule has 0 spiro atoms. The van der Waals surface area contributed by atoms with Gasteiger partial charge in [-0.2, -0.15) is 0 Å². The lowest BCUT2D eigenvalue weighted by molar-refractivity contribution is -0.145. The summed E-state index contributed by atoms with van der Waals surface area (Å²) in [5.41, 5.74) is 4.20. The van der Waals surface area contributed by atoms with Gasteiger partial charge in [0.2, 0.25) is 11.8 Å². The van der Waals surface area contributed by atoms with Crippen molar-refractivity contribution in [1.82, 2.24) is 9.88 Å². The van der Waals surface area contributed by atoms with Gasteiger partial charge in [0.05, 0.1) is 26.0 Å². The Morgan fingerprint density at radius 1 is 1.05 bits per heavy atom. The van der Waals surface area contributed by atoms with E-state index in [1.54, 1.807) is 17.2 Å². The number of morpholine rings is 1. The number of rotatable bonds is 9. The summed E-state index contributed by atoms with van der Waals surface area (Å²) in [7, 11) is 0. The molecule has 1 saturated carbocycles. The molecule has 2 aliphatic rings. The summed E-state index contributed by atoms with van der Waals surface area (Å²) in [6.07, 6.45) is 1.95. The van der Waals surface area contributed by atoms with Gasteiger partial charge in [0.1, 0.15) is 11.3 Å². The van der Waals surface area contributed by atoms with Gasteiger partial charge >= 0.3 is 0 Å². The van der Waals surface area contributed by atoms with Gasteiger partial charge in [-0.05, 0) is 86.1 Å². The Labute approximate surface area is 253 Å². The van der Waals surface area contributed by atoms with Crippen molar-refractivity contribution < 1.29 is 18.7 Å². The first kappa shape index (κ1) is 29.1. The number of ether oxygens (including phenoxy) is 1. The number of benzene rings is 2. The predicted octanol–water partition coefficient (Wildman–Crippen LogP) is 6.48. The van der Waals surface area contributed by atoms with Crippen LogP contribution in [0.2, 0.25) is 0 Å². The topological polar surface area (TPSA) is 90.8 Å². The Morgan fingerprint density at radius 3 is 2.47 bits per heavy atom. The number of hydrogen-bond donors (Lipinski definition) is 2. The maximum absolute atomic E-state index is 14.2. The summed E-state index contributed by atoms with van der Waals surface area (Å²) in [4.78, 5) is 35.5. The summed E-state index contributed by atoms with van der Waals surface area (Å²) >= 11 is 0. The number of para-hydroxylation sites is 1. The van der Waals surface area contributed by atoms with Crippen LogP contribution in [0.25, 0.3) is 10.9 Å². The van der Waals surface area contributed by atoms with Crippen LogP contribution in [0.1, 0.15) is 57.1 Å². The lowest BCUT2D eigenvalue weighted by Crippen LogP contribution is -2.54. The van der Waals surface area contributed by atoms with Crippen LogP contribution in [0.3, 0.4) is 0 Å². The van der Waals surface area contributed by atoms with Gasteiger partial charge in [0.25, 0.3) is 0 Å². The molecule has 4 aromatic rings. The van der Waals surface area contributed by atoms with Gasteiger partial charge in [-0.15, -0.1) is 0 Å². The quantitative estimate of drug-likeness (QED) is 0.236. The molecule has 8 heteroatoms. The van der Waals surface area contributed by atoms with Crippen molar-refractivity contribution in [3.63, 3.8) is 0 Å². The van der Waals surface area contributed by atoms with Crippen molar-refractivity contribution in [2.75, 3.05) is 36.5 Å². The molecule has 43 heavy (non-hydrogen) atoms. The molecule has 0 radical (unpaired) electrons. The second-order valence-electron chi connectivity index (χ2n) is 13.0. The second-order valence-corrected chi connectivity index (χ2v) is 13.0. The maximum atomic E-state index is 14.2. The van der Waals surface area contributed by atoms with E-state index in [0.29, 0.717) is 31.1 Å². The van der Waals surface area contributed by atoms with E-state index in [0.717, 1.165) is 30.0 Å². The van der Waals surface area contributed by atoms with Crippen LogP contribution < -0.4 is 10.2 Å². The van der Waals surface area contributed by atoms with Crippen molar-refractivity contribution in [2.45, 2.75) is 59.0 Å². The minimum atomic E-state index is -1.13. The van der Waals surface area contributed by atoms with E-state index in [2.05, 4.69) is 54.2 Å². The van der Waals surface area contributed by atoms with Crippen molar-refractivity contribution in [3.8, 4) is 0 Å². The molecule has 0 unspecified atom stereocenters. The molecule has 1 aliphatic carbocycles. The summed E-state index contributed by atoms with van der Waals surface area (Å²) in [5.74, 6) is 0.745. The number of aryl methyl sites for hydroxylation is 1. The number of furan rings is 1. The molecule has 0 bridgehead atoms. The van der Waals surface area contributed by atoms with Crippen molar-refractivity contribution in [3.05, 3.63) is 83.9 Å². The Morgan fingerprint density at radius 2 is 1.77 bits per heavy atom. The number of carbonyl (C=O) groups excluding carboxylic acids is 2. The minimum absolute atomic E-state index is 0.0453. The van der Waals surface area contributed by atoms with E-state index >= 15 is 0 Å². The van der Waals surface area contributed by atoms with E-state index in [9.17, 15) is 9.59 Å². The molecule has 3 heterocycles. The number of nitrogens with zero attached hydrogens (tertiary/aromatic N) is 2. The van der Waals surface area contributed by atoms with Crippen LogP contribution in [0.15, 0.2) is 71.3 Å². The highest BCUT2D eigenvalue weighted by molar-refractivity contribution is 6.00. The normalized spacial score (nSPS) is 19.8. The number of anilines is 2. The van der Waals surface area contributed by atoms with Crippen molar-refractivity contribution >= 4 is 34.1 Å². The van der Waals surface area contributed by atoms with Gasteiger partial charge in [0.15, 0.2) is 0 Å². The van der Waals surface area contributed by atoms with Gasteiger partial charge in [-0.25, -0.2) is 0 Å². The van der Waals surface area contributed by atoms with Gasteiger partial charge < -0.3 is 29.3 Å². The van der Waals surface area contributed by atoms with Crippen LogP contribution >= 0.6 is 0 Å². The Balaban J connectivity index is 1.20. The van der Waals surface area contributed by atoms with E-state index in [1.807, 2.05) is 50.2 Å². The van der Waals surface area contributed by atoms with E-state index in [-0.39, 0.29) is 35.6 Å². The number of hydrogen-bond acceptors (Lipinski definition) is 5. The van der Waals surface area contributed by atoms with Crippen LogP contribution in [0, 0.1) is 18.3 Å². The number of aromatic amines is 1. The third-order valence-electron chi connectivity index (χ3n) is 9.63. The fourth-order valence-electron chi connectivity index (χ4n) is 6.84. The molecule has 2 atom stereocenters. The largest absolute Gasteiger partial charge is 0.467 e. The minimum Gasteiger partial charge on any atom is -0.467 e. The van der Waals surface area contributed by atoms with Crippen molar-refractivity contribution in [2.24, 2.45) is 11.3 Å². The summed E-state index contributed by atoms with van der Waals surface area (Å²) in [6.45, 7) is 13.6. The number of fused-ring (bicyclic) bond motifs is 1. The smallest absolute Gasteiger partial charge is 0.249 e. The lowest BCUT2D eigenvalue weighted by Gasteiger charge is -2.37. The van der Waals surface area contributed by atoms with Gasteiger partial charge in [-0.3, -0.25) is 9.59 Å². The molecule has 6 rings (SSSR count). The predicted molar refractivity (Wildman–Crippen MR) is 169 cm³/mol. The number of amides is 2. The molecule has 2 aromatic carbocycles. The zero-order chi connectivity index (χ0) is 30.4. The zero-order valence-corrected chi connectivity index (χ0v) is 25.8. The molecule has 2 N–H and O–H groups in total. The summed E-state index contributed by atoms with van der Waals surface area (Å²) in [5, 5.41) is 4.28. The first-order chi connectivity index (χ1) is 20.6. The van der Waals surface area contributed by atoms with Crippen LogP contribution in [-0.2, 0) is 20.9 Å². The first-order valence-corrected chi connectivity index (χ1v) is 15.2. The molecule has 8 nitrogen and oxygen atoms in total. The fraction of sp³-hybridized carbons (Fsp3) is 0.429. The molecule has 226 valence electrons. The Kier molecular flexibility index (Phi) is 7.59. The SMILES string of the molecule is Cc1[nH]c2ccccc2c1[C@H]1[C@@H](CC(=O)N(Cc2ccco2)C(C)(C)C(=O)Nc2ccc(N3CCOCC3)cc2)C1(C)C. The van der Waals surface area contributed by atoms with E-state index in [1.165, 1.54) is 10.9 Å². The lowest BCUT2D eigenvalue weighted by atomic mass is 9.98. The van der Waals surface area contributed by atoms with E-state index in [4.69, 9.17) is 9.15 Å². The number of H-pyrrole nitrogens is 1. The molecular formula is C35H42N4O4. The van der Waals surface area contributed by atoms with E-state index < -0.39 is 5.54 Å². The standard InChI is InChI=1S/C35H42N4O4/c1-23-31(27-10-6-7-11-29(27)36-23)32-28(34(32,2)3)21-30(40)39(22-26-9-8-18-43-26)35(4,5)33(41)37-24-12-14-25(15-13-24)38-16-19-42-20-17-38/h6-15,18,28,32,36H,16-17,19-22H2,1-5H3,(H,37,41)/t28-,32-/m1/s1. The fourth-order valence-corrected chi connectivity index (χ4v) is 6.84. The van der Waals surface area contributed by atoms with Gasteiger partial charge in [0, 0.05) is 47.5 Å². The maximum Gasteiger partial charge on any atom is 0.249 e. The number of nitrogens with one attached hydrogen (secondary N) is 2.